The van der Waals surface area contributed by atoms with E-state index in [9.17, 15) is 0 Å². The Hall–Kier alpha value is -3.12. The van der Waals surface area contributed by atoms with Crippen LogP contribution in [0.5, 0.6) is 0 Å². The van der Waals surface area contributed by atoms with Crippen LogP contribution in [0.2, 0.25) is 0 Å². The minimum Gasteiger partial charge on any atom is -0.0651 e. The van der Waals surface area contributed by atoms with Gasteiger partial charge in [-0.3, -0.25) is 0 Å². The summed E-state index contributed by atoms with van der Waals surface area (Å²) in [7, 11) is 0. The van der Waals surface area contributed by atoms with Crippen molar-refractivity contribution >= 4 is 0 Å². The molecule has 0 spiro atoms. The van der Waals surface area contributed by atoms with E-state index in [1.54, 1.807) is 66.8 Å². The van der Waals surface area contributed by atoms with Crippen molar-refractivity contribution < 1.29 is 0 Å². The van der Waals surface area contributed by atoms with Crippen LogP contribution in [0.15, 0.2) is 60.7 Å². The van der Waals surface area contributed by atoms with Gasteiger partial charge >= 0.3 is 0 Å². The Morgan fingerprint density at radius 3 is 1.12 bits per heavy atom. The average Bonchev–Trinajstić information content (AvgIpc) is 3.03. The third kappa shape index (κ3) is 5.16. The lowest BCUT2D eigenvalue weighted by atomic mass is 9.68. The maximum absolute atomic E-state index is 2.39. The van der Waals surface area contributed by atoms with E-state index in [1.165, 1.54) is 88.2 Å². The van der Waals surface area contributed by atoms with Crippen molar-refractivity contribution in [2.45, 2.75) is 118 Å². The van der Waals surface area contributed by atoms with Crippen molar-refractivity contribution in [1.82, 2.24) is 0 Å². The van der Waals surface area contributed by atoms with Gasteiger partial charge in [-0.2, -0.15) is 0 Å². The van der Waals surface area contributed by atoms with Crippen LogP contribution in [0, 0.1) is 0 Å². The van der Waals surface area contributed by atoms with Crippen molar-refractivity contribution in [2.75, 3.05) is 0 Å². The predicted molar refractivity (Wildman–Crippen MR) is 182 cm³/mol. The average molecular weight is 555 g/mol. The van der Waals surface area contributed by atoms with Gasteiger partial charge in [0.2, 0.25) is 0 Å². The molecule has 0 fully saturated rings. The maximum atomic E-state index is 2.39. The van der Waals surface area contributed by atoms with Crippen molar-refractivity contribution in [3.05, 3.63) is 116 Å². The van der Waals surface area contributed by atoms with Crippen LogP contribution in [-0.2, 0) is 51.4 Å². The molecule has 0 saturated carbocycles. The van der Waals surface area contributed by atoms with Crippen LogP contribution in [0.25, 0.3) is 22.3 Å². The summed E-state index contributed by atoms with van der Waals surface area (Å²) in [6, 6.07) is 22.9. The molecule has 0 aliphatic heterocycles. The zero-order chi connectivity index (χ0) is 29.1. The fourth-order valence-corrected chi connectivity index (χ4v) is 8.50. The number of fused-ring (bicyclic) bond motifs is 3. The molecule has 0 heterocycles. The van der Waals surface area contributed by atoms with Crippen molar-refractivity contribution in [1.29, 1.82) is 0 Å². The normalized spacial score (nSPS) is 13.9. The van der Waals surface area contributed by atoms with Crippen LogP contribution < -0.4 is 0 Å². The van der Waals surface area contributed by atoms with Gasteiger partial charge in [-0.1, -0.05) is 114 Å². The van der Waals surface area contributed by atoms with Gasteiger partial charge in [0.25, 0.3) is 0 Å². The zero-order valence-electron chi connectivity index (χ0n) is 26.7. The molecule has 0 atom stereocenters. The fraction of sp³-hybridized carbons (Fsp3) is 0.429. The Kier molecular flexibility index (Phi) is 8.99. The first kappa shape index (κ1) is 29.0. The molecular weight excluding hydrogens is 504 g/mol. The Bertz CT molecular complexity index is 1420. The molecular formula is C42H50. The van der Waals surface area contributed by atoms with Gasteiger partial charge in [-0.25, -0.2) is 0 Å². The molecule has 0 amide bonds. The molecule has 0 heteroatoms. The van der Waals surface area contributed by atoms with Crippen molar-refractivity contribution in [2.24, 2.45) is 0 Å². The molecule has 0 radical (unpaired) electrons. The molecule has 0 nitrogen and oxygen atoms in total. The second kappa shape index (κ2) is 13.0. The summed E-state index contributed by atoms with van der Waals surface area (Å²) in [5.41, 5.74) is 22.9. The quantitative estimate of drug-likeness (QED) is 0.161. The van der Waals surface area contributed by atoms with Gasteiger partial charge in [0.1, 0.15) is 0 Å². The monoisotopic (exact) mass is 554 g/mol. The molecule has 42 heavy (non-hydrogen) atoms. The summed E-state index contributed by atoms with van der Waals surface area (Å²) in [5.74, 6) is 0. The molecule has 0 N–H and O–H groups in total. The van der Waals surface area contributed by atoms with E-state index in [0.29, 0.717) is 0 Å². The molecule has 0 bridgehead atoms. The topological polar surface area (TPSA) is 0 Å². The lowest BCUT2D eigenvalue weighted by Gasteiger charge is -2.36. The molecule has 0 saturated heterocycles. The first-order valence-electron chi connectivity index (χ1n) is 17.2. The van der Waals surface area contributed by atoms with Gasteiger partial charge in [-0.15, -0.1) is 0 Å². The van der Waals surface area contributed by atoms with Crippen LogP contribution in [0.4, 0.5) is 0 Å². The predicted octanol–water partition coefficient (Wildman–Crippen LogP) is 11.2. The molecule has 2 aliphatic rings. The standard InChI is InChI=1S/C42H50/c1-5-17-31-32(18-6-2)34(20-8-4)38-28-40-39(27-37(38)33(31)19-7-3)41(29-21-11-9-12-22-29)35-25-15-16-26-36(35)42(40)30-23-13-10-14-24-30/h9-14,21-24H,5-8,15-20,25-28H2,1-4H3. The van der Waals surface area contributed by atoms with E-state index in [2.05, 4.69) is 88.4 Å². The smallest absolute Gasteiger partial charge is 0.00106 e. The van der Waals surface area contributed by atoms with E-state index in [-0.39, 0.29) is 0 Å². The molecule has 4 aromatic carbocycles. The Balaban J connectivity index is 1.71. The summed E-state index contributed by atoms with van der Waals surface area (Å²) in [6.07, 6.45) is 17.0. The summed E-state index contributed by atoms with van der Waals surface area (Å²) in [4.78, 5) is 0. The Morgan fingerprint density at radius 1 is 0.405 bits per heavy atom. The second-order valence-corrected chi connectivity index (χ2v) is 12.8. The van der Waals surface area contributed by atoms with Gasteiger partial charge < -0.3 is 0 Å². The third-order valence-electron chi connectivity index (χ3n) is 10.1. The first-order valence-corrected chi connectivity index (χ1v) is 17.2. The van der Waals surface area contributed by atoms with E-state index < -0.39 is 0 Å². The van der Waals surface area contributed by atoms with E-state index in [1.807, 2.05) is 0 Å². The highest BCUT2D eigenvalue weighted by Crippen LogP contribution is 2.49. The van der Waals surface area contributed by atoms with E-state index in [4.69, 9.17) is 0 Å². The Morgan fingerprint density at radius 2 is 0.762 bits per heavy atom. The second-order valence-electron chi connectivity index (χ2n) is 12.8. The first-order chi connectivity index (χ1) is 20.7. The minimum atomic E-state index is 1.09. The number of hydrogen-bond acceptors (Lipinski definition) is 0. The van der Waals surface area contributed by atoms with Crippen molar-refractivity contribution in [3.63, 3.8) is 0 Å². The largest absolute Gasteiger partial charge is 0.0651 e. The lowest BCUT2D eigenvalue weighted by Crippen LogP contribution is -2.22. The number of benzene rings is 4. The molecule has 218 valence electrons. The maximum Gasteiger partial charge on any atom is -0.00106 e. The molecule has 0 unspecified atom stereocenters. The van der Waals surface area contributed by atoms with Crippen LogP contribution >= 0.6 is 0 Å². The third-order valence-corrected chi connectivity index (χ3v) is 10.1. The number of rotatable bonds is 10. The fourth-order valence-electron chi connectivity index (χ4n) is 8.50. The zero-order valence-corrected chi connectivity index (χ0v) is 26.7. The van der Waals surface area contributed by atoms with Gasteiger partial charge in [-0.05, 0) is 142 Å². The molecule has 0 aromatic heterocycles. The van der Waals surface area contributed by atoms with Gasteiger partial charge in [0, 0.05) is 0 Å². The van der Waals surface area contributed by atoms with Crippen molar-refractivity contribution in [3.8, 4) is 22.3 Å². The van der Waals surface area contributed by atoms with E-state index >= 15 is 0 Å². The summed E-state index contributed by atoms with van der Waals surface area (Å²) >= 11 is 0. The van der Waals surface area contributed by atoms with Gasteiger partial charge in [0.05, 0.1) is 0 Å². The SMILES string of the molecule is CCCc1c(CCC)c(CCC)c2c(c1CCC)Cc1c(c(-c3ccccc3)c3c(c1-c1ccccc1)CCCC3)C2. The van der Waals surface area contributed by atoms with E-state index in [0.717, 1.165) is 12.8 Å². The lowest BCUT2D eigenvalue weighted by molar-refractivity contribution is 0.685. The summed E-state index contributed by atoms with van der Waals surface area (Å²) in [5, 5.41) is 0. The van der Waals surface area contributed by atoms with Crippen LogP contribution in [0.1, 0.15) is 122 Å². The number of hydrogen-bond donors (Lipinski definition) is 0. The highest BCUT2D eigenvalue weighted by Gasteiger charge is 2.33. The minimum absolute atomic E-state index is 1.09. The molecule has 2 aliphatic carbocycles. The van der Waals surface area contributed by atoms with Crippen LogP contribution in [-0.4, -0.2) is 0 Å². The highest BCUT2D eigenvalue weighted by atomic mass is 14.4. The Labute approximate surface area is 255 Å². The highest BCUT2D eigenvalue weighted by molar-refractivity contribution is 5.86. The molecule has 6 rings (SSSR count). The molecule has 4 aromatic rings. The van der Waals surface area contributed by atoms with Gasteiger partial charge in [0.15, 0.2) is 0 Å². The van der Waals surface area contributed by atoms with Crippen LogP contribution in [0.3, 0.4) is 0 Å². The summed E-state index contributed by atoms with van der Waals surface area (Å²) in [6.45, 7) is 9.53. The summed E-state index contributed by atoms with van der Waals surface area (Å²) < 4.78 is 0.